The first-order valence-electron chi connectivity index (χ1n) is 8.89. The number of carboxylic acids is 1. The van der Waals surface area contributed by atoms with Crippen LogP contribution < -0.4 is 5.32 Å². The molecule has 29 heavy (non-hydrogen) atoms. The Morgan fingerprint density at radius 2 is 1.83 bits per heavy atom. The number of hydrogen-bond donors (Lipinski definition) is 2. The number of aromatic nitrogens is 3. The number of nitrogens with zero attached hydrogens (tertiary/aromatic N) is 3. The number of allylic oxidation sites excluding steroid dienone is 1. The fourth-order valence-electron chi connectivity index (χ4n) is 2.67. The van der Waals surface area contributed by atoms with Crippen LogP contribution in [0.25, 0.3) is 0 Å². The smallest absolute Gasteiger partial charge is 0.335 e. The summed E-state index contributed by atoms with van der Waals surface area (Å²) in [5.74, 6) is -0.258. The summed E-state index contributed by atoms with van der Waals surface area (Å²) in [6, 6.07) is 16.0. The highest BCUT2D eigenvalue weighted by Gasteiger charge is 2.14. The Morgan fingerprint density at radius 1 is 1.10 bits per heavy atom. The van der Waals surface area contributed by atoms with Crippen LogP contribution in [0.5, 0.6) is 0 Å². The zero-order valence-electron chi connectivity index (χ0n) is 15.6. The molecular formula is C21H20N4O3S. The van der Waals surface area contributed by atoms with Gasteiger partial charge in [-0.2, -0.15) is 0 Å². The van der Waals surface area contributed by atoms with Gasteiger partial charge in [0.05, 0.1) is 11.3 Å². The Labute approximate surface area is 172 Å². The lowest BCUT2D eigenvalue weighted by atomic mass is 10.1. The molecule has 1 amide bonds. The molecule has 0 fully saturated rings. The molecule has 0 radical (unpaired) electrons. The zero-order valence-corrected chi connectivity index (χ0v) is 16.4. The highest BCUT2D eigenvalue weighted by molar-refractivity contribution is 7.99. The van der Waals surface area contributed by atoms with Crippen LogP contribution in [0.15, 0.2) is 72.4 Å². The third-order valence-electron chi connectivity index (χ3n) is 4.06. The van der Waals surface area contributed by atoms with Gasteiger partial charge in [-0.1, -0.05) is 48.2 Å². The Morgan fingerprint density at radius 3 is 2.48 bits per heavy atom. The standard InChI is InChI=1S/C21H20N4O3S/c1-2-12-25-18(13-15-6-4-3-5-7-15)23-24-21(25)29-14-19(26)22-17-10-8-16(9-11-17)20(27)28/h2-11H,1,12-14H2,(H,22,26)(H,27,28). The van der Waals surface area contributed by atoms with E-state index >= 15 is 0 Å². The predicted molar refractivity (Wildman–Crippen MR) is 112 cm³/mol. The average molecular weight is 408 g/mol. The molecule has 3 rings (SSSR count). The summed E-state index contributed by atoms with van der Waals surface area (Å²) >= 11 is 1.29. The van der Waals surface area contributed by atoms with Crippen LogP contribution in [0, 0.1) is 0 Å². The van der Waals surface area contributed by atoms with Gasteiger partial charge in [-0.25, -0.2) is 4.79 Å². The third kappa shape index (κ3) is 5.55. The largest absolute Gasteiger partial charge is 0.478 e. The van der Waals surface area contributed by atoms with Crippen molar-refractivity contribution in [3.05, 3.63) is 84.2 Å². The van der Waals surface area contributed by atoms with Gasteiger partial charge in [0.2, 0.25) is 5.91 Å². The van der Waals surface area contributed by atoms with Crippen LogP contribution in [-0.2, 0) is 17.8 Å². The highest BCUT2D eigenvalue weighted by Crippen LogP contribution is 2.20. The van der Waals surface area contributed by atoms with E-state index in [1.165, 1.54) is 23.9 Å². The molecule has 0 atom stereocenters. The molecule has 0 aliphatic heterocycles. The van der Waals surface area contributed by atoms with Gasteiger partial charge in [-0.15, -0.1) is 16.8 Å². The molecule has 3 aromatic rings. The quantitative estimate of drug-likeness (QED) is 0.416. The first-order chi connectivity index (χ1) is 14.1. The lowest BCUT2D eigenvalue weighted by Gasteiger charge is -2.08. The molecule has 148 valence electrons. The number of carbonyl (C=O) groups excluding carboxylic acids is 1. The van der Waals surface area contributed by atoms with Crippen LogP contribution in [-0.4, -0.2) is 37.5 Å². The average Bonchev–Trinajstić information content (AvgIpc) is 3.09. The molecule has 0 aliphatic carbocycles. The van der Waals surface area contributed by atoms with E-state index in [-0.39, 0.29) is 17.2 Å². The fraction of sp³-hybridized carbons (Fsp3) is 0.143. The van der Waals surface area contributed by atoms with Gasteiger partial charge in [-0.05, 0) is 29.8 Å². The molecule has 2 N–H and O–H groups in total. The maximum Gasteiger partial charge on any atom is 0.335 e. The van der Waals surface area contributed by atoms with Gasteiger partial charge in [0, 0.05) is 18.7 Å². The van der Waals surface area contributed by atoms with E-state index in [2.05, 4.69) is 22.1 Å². The third-order valence-corrected chi connectivity index (χ3v) is 5.02. The van der Waals surface area contributed by atoms with E-state index in [4.69, 9.17) is 5.11 Å². The van der Waals surface area contributed by atoms with Gasteiger partial charge in [-0.3, -0.25) is 4.79 Å². The van der Waals surface area contributed by atoms with Crippen molar-refractivity contribution in [3.63, 3.8) is 0 Å². The molecule has 2 aromatic carbocycles. The van der Waals surface area contributed by atoms with Crippen LogP contribution in [0.2, 0.25) is 0 Å². The molecule has 1 aromatic heterocycles. The Bertz CT molecular complexity index is 1000. The van der Waals surface area contributed by atoms with Gasteiger partial charge in [0.1, 0.15) is 5.82 Å². The molecule has 0 saturated heterocycles. The van der Waals surface area contributed by atoms with Crippen LogP contribution in [0.4, 0.5) is 5.69 Å². The summed E-state index contributed by atoms with van der Waals surface area (Å²) in [4.78, 5) is 23.1. The van der Waals surface area contributed by atoms with E-state index in [9.17, 15) is 9.59 Å². The summed E-state index contributed by atoms with van der Waals surface area (Å²) in [6.07, 6.45) is 2.41. The van der Waals surface area contributed by atoms with Crippen molar-refractivity contribution in [3.8, 4) is 0 Å². The molecule has 8 heteroatoms. The number of hydrogen-bond acceptors (Lipinski definition) is 5. The molecule has 1 heterocycles. The van der Waals surface area contributed by atoms with Crippen molar-refractivity contribution >= 4 is 29.3 Å². The molecule has 7 nitrogen and oxygen atoms in total. The Balaban J connectivity index is 1.62. The summed E-state index contributed by atoms with van der Waals surface area (Å²) in [6.45, 7) is 4.34. The maximum absolute atomic E-state index is 12.2. The van der Waals surface area contributed by atoms with Gasteiger partial charge in [0.15, 0.2) is 5.16 Å². The van der Waals surface area contributed by atoms with E-state index in [0.29, 0.717) is 23.8 Å². The fourth-order valence-corrected chi connectivity index (χ4v) is 3.44. The molecule has 0 aliphatic rings. The topological polar surface area (TPSA) is 97.1 Å². The zero-order chi connectivity index (χ0) is 20.6. The first-order valence-corrected chi connectivity index (χ1v) is 9.88. The summed E-state index contributed by atoms with van der Waals surface area (Å²) in [5.41, 5.74) is 1.84. The van der Waals surface area contributed by atoms with Gasteiger partial charge in [0.25, 0.3) is 0 Å². The maximum atomic E-state index is 12.2. The first kappa shape index (κ1) is 20.3. The number of nitrogens with one attached hydrogen (secondary N) is 1. The van der Waals surface area contributed by atoms with Crippen LogP contribution in [0.3, 0.4) is 0 Å². The van der Waals surface area contributed by atoms with E-state index < -0.39 is 5.97 Å². The van der Waals surface area contributed by atoms with Crippen molar-refractivity contribution in [2.75, 3.05) is 11.1 Å². The Hall–Kier alpha value is -3.39. The summed E-state index contributed by atoms with van der Waals surface area (Å²) in [7, 11) is 0. The van der Waals surface area contributed by atoms with Crippen molar-refractivity contribution in [1.82, 2.24) is 14.8 Å². The van der Waals surface area contributed by atoms with Gasteiger partial charge >= 0.3 is 5.97 Å². The Kier molecular flexibility index (Phi) is 6.80. The van der Waals surface area contributed by atoms with Crippen LogP contribution in [0.1, 0.15) is 21.7 Å². The molecule has 0 spiro atoms. The van der Waals surface area contributed by atoms with Crippen molar-refractivity contribution in [2.45, 2.75) is 18.1 Å². The molecule has 0 unspecified atom stereocenters. The predicted octanol–water partition coefficient (Wildman–Crippen LogP) is 3.48. The minimum Gasteiger partial charge on any atom is -0.478 e. The number of thioether (sulfide) groups is 1. The number of carbonyl (C=O) groups is 2. The number of anilines is 1. The SMILES string of the molecule is C=CCn1c(Cc2ccccc2)nnc1SCC(=O)Nc1ccc(C(=O)O)cc1. The van der Waals surface area contributed by atoms with Crippen molar-refractivity contribution in [1.29, 1.82) is 0 Å². The number of aromatic carboxylic acids is 1. The lowest BCUT2D eigenvalue weighted by molar-refractivity contribution is -0.113. The highest BCUT2D eigenvalue weighted by atomic mass is 32.2. The minimum atomic E-state index is -1.01. The van der Waals surface area contributed by atoms with E-state index in [1.807, 2.05) is 34.9 Å². The molecule has 0 saturated carbocycles. The van der Waals surface area contributed by atoms with Crippen molar-refractivity contribution in [2.24, 2.45) is 0 Å². The normalized spacial score (nSPS) is 10.5. The second kappa shape index (κ2) is 9.70. The van der Waals surface area contributed by atoms with Crippen LogP contribution >= 0.6 is 11.8 Å². The van der Waals surface area contributed by atoms with Gasteiger partial charge < -0.3 is 15.0 Å². The second-order valence-corrected chi connectivity index (χ2v) is 7.12. The monoisotopic (exact) mass is 408 g/mol. The number of carboxylic acid groups (broad SMARTS) is 1. The minimum absolute atomic E-state index is 0.154. The summed E-state index contributed by atoms with van der Waals surface area (Å²) in [5, 5.41) is 20.8. The molecule has 0 bridgehead atoms. The number of amides is 1. The number of rotatable bonds is 9. The summed E-state index contributed by atoms with van der Waals surface area (Å²) < 4.78 is 1.94. The second-order valence-electron chi connectivity index (χ2n) is 6.18. The lowest BCUT2D eigenvalue weighted by Crippen LogP contribution is -2.15. The van der Waals surface area contributed by atoms with Crippen molar-refractivity contribution < 1.29 is 14.7 Å². The van der Waals surface area contributed by atoms with E-state index in [0.717, 1.165) is 11.4 Å². The molecular weight excluding hydrogens is 388 g/mol. The number of benzene rings is 2. The van der Waals surface area contributed by atoms with E-state index in [1.54, 1.807) is 18.2 Å².